The van der Waals surface area contributed by atoms with Crippen molar-refractivity contribution < 1.29 is 23.5 Å². The Morgan fingerprint density at radius 3 is 2.72 bits per heavy atom. The molecule has 0 unspecified atom stereocenters. The minimum Gasteiger partial charge on any atom is -0.494 e. The van der Waals surface area contributed by atoms with Crippen LogP contribution in [0.3, 0.4) is 0 Å². The molecule has 2 N–H and O–H groups in total. The predicted octanol–water partition coefficient (Wildman–Crippen LogP) is 5.13. The number of piperidine rings is 1. The summed E-state index contributed by atoms with van der Waals surface area (Å²) in [6.45, 7) is 9.44. The van der Waals surface area contributed by atoms with Crippen molar-refractivity contribution in [2.45, 2.75) is 56.8 Å². The summed E-state index contributed by atoms with van der Waals surface area (Å²) in [4.78, 5) is 32.3. The largest absolute Gasteiger partial charge is 0.494 e. The molecule has 2 bridgehead atoms. The van der Waals surface area contributed by atoms with Gasteiger partial charge in [-0.25, -0.2) is 19.4 Å². The fourth-order valence-corrected chi connectivity index (χ4v) is 7.27. The van der Waals surface area contributed by atoms with E-state index in [9.17, 15) is 4.79 Å². The molecule has 4 fully saturated rings. The number of fused-ring (bicyclic) bond motifs is 2. The lowest BCUT2D eigenvalue weighted by Gasteiger charge is -2.41. The van der Waals surface area contributed by atoms with Crippen molar-refractivity contribution >= 4 is 34.6 Å². The van der Waals surface area contributed by atoms with E-state index >= 15 is 4.39 Å². The summed E-state index contributed by atoms with van der Waals surface area (Å²) in [6, 6.07) is 11.7. The third kappa shape index (κ3) is 5.88. The minimum absolute atomic E-state index is 0.240. The number of aryl methyl sites for hydroxylation is 1. The molecule has 2 aromatic carbocycles. The second kappa shape index (κ2) is 12.9. The molecular weight excluding hydrogens is 589 g/mol. The SMILES string of the molecule is C=CC(=O)Nc1cc(Nc2cc(N3OCC[C@@H]3c3cccc(C)c3F)ncn2)c(OC)cc1N1CCC(N2C[C@H]3C[C@@H]2CO3)CC1. The van der Waals surface area contributed by atoms with Crippen LogP contribution in [-0.4, -0.2) is 78.9 Å². The summed E-state index contributed by atoms with van der Waals surface area (Å²) in [7, 11) is 1.62. The normalized spacial score (nSPS) is 23.2. The third-order valence-corrected chi connectivity index (χ3v) is 9.60. The van der Waals surface area contributed by atoms with Crippen LogP contribution in [0, 0.1) is 12.7 Å². The minimum atomic E-state index is -0.324. The summed E-state index contributed by atoms with van der Waals surface area (Å²) in [5, 5.41) is 7.98. The van der Waals surface area contributed by atoms with Gasteiger partial charge >= 0.3 is 0 Å². The highest BCUT2D eigenvalue weighted by molar-refractivity contribution is 6.02. The number of ether oxygens (including phenoxy) is 2. The Bertz CT molecular complexity index is 1610. The van der Waals surface area contributed by atoms with Gasteiger partial charge in [-0.3, -0.25) is 14.5 Å². The molecule has 3 atom stereocenters. The van der Waals surface area contributed by atoms with Crippen LogP contribution in [0.2, 0.25) is 0 Å². The standard InChI is InChI=1S/C34H40FN7O4/c1-4-33(43)39-26-15-27(30(44-3)16-29(26)40-11-8-22(9-12-40)41-18-24-14-23(41)19-45-24)38-31-17-32(37-20-36-31)42-28(10-13-46-42)25-7-5-6-21(2)34(25)35/h4-7,15-17,20,22-24,28H,1,8-14,18-19H2,2-3H3,(H,39,43)(H,36,37,38)/t23-,24-,28-/m1/s1. The van der Waals surface area contributed by atoms with Crippen LogP contribution in [0.5, 0.6) is 5.75 Å². The summed E-state index contributed by atoms with van der Waals surface area (Å²) in [5.74, 6) is 1.04. The zero-order valence-electron chi connectivity index (χ0n) is 26.2. The van der Waals surface area contributed by atoms with E-state index < -0.39 is 0 Å². The number of likely N-dealkylation sites (tertiary alicyclic amines) is 1. The first kappa shape index (κ1) is 30.4. The van der Waals surface area contributed by atoms with E-state index in [1.165, 1.54) is 12.4 Å². The number of amides is 1. The number of hydrogen-bond donors (Lipinski definition) is 2. The molecule has 11 nitrogen and oxygen atoms in total. The van der Waals surface area contributed by atoms with Crippen LogP contribution in [0.25, 0.3) is 0 Å². The van der Waals surface area contributed by atoms with Gasteiger partial charge in [0.05, 0.1) is 49.5 Å². The van der Waals surface area contributed by atoms with E-state index in [-0.39, 0.29) is 17.8 Å². The van der Waals surface area contributed by atoms with Crippen LogP contribution < -0.4 is 25.3 Å². The van der Waals surface area contributed by atoms with Gasteiger partial charge in [0, 0.05) is 55.8 Å². The molecule has 4 aliphatic rings. The molecule has 46 heavy (non-hydrogen) atoms. The topological polar surface area (TPSA) is 104 Å². The Balaban J connectivity index is 1.12. The van der Waals surface area contributed by atoms with Crippen molar-refractivity contribution in [1.82, 2.24) is 14.9 Å². The molecule has 0 aliphatic carbocycles. The highest BCUT2D eigenvalue weighted by Gasteiger charge is 2.43. The number of carbonyl (C=O) groups excluding carboxylic acids is 1. The average Bonchev–Trinajstić information content (AvgIpc) is 3.85. The van der Waals surface area contributed by atoms with Crippen LogP contribution in [0.15, 0.2) is 55.4 Å². The highest BCUT2D eigenvalue weighted by atomic mass is 19.1. The lowest BCUT2D eigenvalue weighted by molar-refractivity contribution is -0.111. The fourth-order valence-electron chi connectivity index (χ4n) is 7.27. The highest BCUT2D eigenvalue weighted by Crippen LogP contribution is 2.41. The van der Waals surface area contributed by atoms with Crippen molar-refractivity contribution in [1.29, 1.82) is 0 Å². The van der Waals surface area contributed by atoms with Crippen molar-refractivity contribution in [2.24, 2.45) is 0 Å². The van der Waals surface area contributed by atoms with Crippen molar-refractivity contribution in [3.8, 4) is 5.75 Å². The van der Waals surface area contributed by atoms with Crippen LogP contribution in [0.4, 0.5) is 33.1 Å². The van der Waals surface area contributed by atoms with Gasteiger partial charge in [-0.1, -0.05) is 24.8 Å². The molecular formula is C34H40FN7O4. The van der Waals surface area contributed by atoms with Gasteiger partial charge in [-0.05, 0) is 43.9 Å². The van der Waals surface area contributed by atoms with Gasteiger partial charge < -0.3 is 25.0 Å². The molecule has 4 saturated heterocycles. The van der Waals surface area contributed by atoms with Crippen molar-refractivity contribution in [2.75, 3.05) is 60.6 Å². The molecule has 242 valence electrons. The van der Waals surface area contributed by atoms with Crippen LogP contribution >= 0.6 is 0 Å². The molecule has 12 heteroatoms. The molecule has 1 aromatic heterocycles. The van der Waals surface area contributed by atoms with E-state index in [0.29, 0.717) is 71.1 Å². The first-order valence-electron chi connectivity index (χ1n) is 16.0. The summed E-state index contributed by atoms with van der Waals surface area (Å²) in [6.07, 6.45) is 6.93. The monoisotopic (exact) mass is 629 g/mol. The molecule has 3 aromatic rings. The maximum Gasteiger partial charge on any atom is 0.247 e. The summed E-state index contributed by atoms with van der Waals surface area (Å²) in [5.41, 5.74) is 3.30. The zero-order chi connectivity index (χ0) is 31.8. The Labute approximate surface area is 268 Å². The number of morpholine rings is 1. The lowest BCUT2D eigenvalue weighted by Crippen LogP contribution is -2.49. The van der Waals surface area contributed by atoms with E-state index in [1.807, 2.05) is 18.2 Å². The van der Waals surface area contributed by atoms with Crippen LogP contribution in [-0.2, 0) is 14.4 Å². The number of nitrogens with zero attached hydrogens (tertiary/aromatic N) is 5. The van der Waals surface area contributed by atoms with Gasteiger partial charge in [0.2, 0.25) is 5.91 Å². The number of hydrogen-bond acceptors (Lipinski definition) is 10. The number of hydroxylamine groups is 1. The molecule has 7 rings (SSSR count). The number of aromatic nitrogens is 2. The van der Waals surface area contributed by atoms with Gasteiger partial charge in [0.15, 0.2) is 5.82 Å². The number of nitrogens with one attached hydrogen (secondary N) is 2. The second-order valence-corrected chi connectivity index (χ2v) is 12.4. The number of benzene rings is 2. The molecule has 5 heterocycles. The molecule has 4 aliphatic heterocycles. The van der Waals surface area contributed by atoms with E-state index in [0.717, 1.165) is 51.2 Å². The Kier molecular flexibility index (Phi) is 8.50. The third-order valence-electron chi connectivity index (χ3n) is 9.60. The first-order valence-corrected chi connectivity index (χ1v) is 16.0. The first-order chi connectivity index (χ1) is 22.4. The summed E-state index contributed by atoms with van der Waals surface area (Å²) < 4.78 is 26.7. The van der Waals surface area contributed by atoms with E-state index in [1.54, 1.807) is 37.3 Å². The molecule has 0 saturated carbocycles. The predicted molar refractivity (Wildman–Crippen MR) is 174 cm³/mol. The Morgan fingerprint density at radius 1 is 1.13 bits per heavy atom. The molecule has 1 amide bonds. The van der Waals surface area contributed by atoms with Crippen LogP contribution in [0.1, 0.15) is 42.9 Å². The number of anilines is 5. The van der Waals surface area contributed by atoms with Gasteiger partial charge in [0.25, 0.3) is 0 Å². The number of carbonyl (C=O) groups is 1. The zero-order valence-corrected chi connectivity index (χ0v) is 26.2. The van der Waals surface area contributed by atoms with E-state index in [2.05, 4.69) is 37.0 Å². The average molecular weight is 630 g/mol. The lowest BCUT2D eigenvalue weighted by atomic mass is 10.0. The number of halogens is 1. The van der Waals surface area contributed by atoms with Gasteiger partial charge in [0.1, 0.15) is 23.7 Å². The van der Waals surface area contributed by atoms with Gasteiger partial charge in [-0.15, -0.1) is 0 Å². The molecule has 0 spiro atoms. The quantitative estimate of drug-likeness (QED) is 0.310. The summed E-state index contributed by atoms with van der Waals surface area (Å²) >= 11 is 0. The molecule has 0 radical (unpaired) electrons. The van der Waals surface area contributed by atoms with E-state index in [4.69, 9.17) is 14.3 Å². The Morgan fingerprint density at radius 2 is 1.98 bits per heavy atom. The fraction of sp³-hybridized carbons (Fsp3) is 0.441. The number of methoxy groups -OCH3 is 1. The number of rotatable bonds is 9. The van der Waals surface area contributed by atoms with Crippen molar-refractivity contribution in [3.63, 3.8) is 0 Å². The maximum atomic E-state index is 15.0. The second-order valence-electron chi connectivity index (χ2n) is 12.4. The smallest absolute Gasteiger partial charge is 0.247 e. The Hall–Kier alpha value is -4.26. The maximum absolute atomic E-state index is 15.0. The van der Waals surface area contributed by atoms with Crippen molar-refractivity contribution in [3.05, 3.63) is 72.3 Å². The van der Waals surface area contributed by atoms with Gasteiger partial charge in [-0.2, -0.15) is 0 Å².